The first kappa shape index (κ1) is 21.8. The SMILES string of the molecule is Cc1ccc(-n2ncc3c(NC4CCC(NC(=O)c5ccccc5)CC4)nc(C4CC4)nc32)cc1. The van der Waals surface area contributed by atoms with Crippen molar-refractivity contribution in [3.05, 3.63) is 77.7 Å². The summed E-state index contributed by atoms with van der Waals surface area (Å²) in [5.41, 5.74) is 3.80. The fourth-order valence-corrected chi connectivity index (χ4v) is 4.87. The van der Waals surface area contributed by atoms with E-state index in [1.807, 2.05) is 41.2 Å². The molecule has 178 valence electrons. The number of carbonyl (C=O) groups excluding carboxylic acids is 1. The Hall–Kier alpha value is -3.74. The van der Waals surface area contributed by atoms with E-state index in [0.29, 0.717) is 17.5 Å². The second-order valence-corrected chi connectivity index (χ2v) is 9.87. The van der Waals surface area contributed by atoms with E-state index >= 15 is 0 Å². The van der Waals surface area contributed by atoms with Gasteiger partial charge in [-0.3, -0.25) is 4.79 Å². The Morgan fingerprint density at radius 3 is 2.31 bits per heavy atom. The number of hydrogen-bond acceptors (Lipinski definition) is 5. The summed E-state index contributed by atoms with van der Waals surface area (Å²) in [6.07, 6.45) is 8.03. The highest BCUT2D eigenvalue weighted by molar-refractivity contribution is 5.94. The lowest BCUT2D eigenvalue weighted by Crippen LogP contribution is -2.40. The summed E-state index contributed by atoms with van der Waals surface area (Å²) in [4.78, 5) is 22.4. The van der Waals surface area contributed by atoms with Gasteiger partial charge in [0.2, 0.25) is 0 Å². The molecule has 2 aliphatic carbocycles. The van der Waals surface area contributed by atoms with Gasteiger partial charge in [-0.15, -0.1) is 0 Å². The van der Waals surface area contributed by atoms with E-state index in [0.717, 1.165) is 66.9 Å². The van der Waals surface area contributed by atoms with Gasteiger partial charge in [0.15, 0.2) is 5.65 Å². The third-order valence-corrected chi connectivity index (χ3v) is 7.11. The second kappa shape index (κ2) is 9.13. The molecular formula is C28H30N6O. The van der Waals surface area contributed by atoms with Crippen molar-refractivity contribution in [1.82, 2.24) is 25.1 Å². The molecule has 2 heterocycles. The van der Waals surface area contributed by atoms with Crippen molar-refractivity contribution in [2.45, 2.75) is 63.5 Å². The summed E-state index contributed by atoms with van der Waals surface area (Å²) < 4.78 is 1.92. The van der Waals surface area contributed by atoms with E-state index in [9.17, 15) is 4.79 Å². The van der Waals surface area contributed by atoms with Crippen molar-refractivity contribution in [2.75, 3.05) is 5.32 Å². The number of benzene rings is 2. The molecule has 0 radical (unpaired) electrons. The number of hydrogen-bond donors (Lipinski definition) is 2. The van der Waals surface area contributed by atoms with Gasteiger partial charge in [0.25, 0.3) is 5.91 Å². The van der Waals surface area contributed by atoms with Crippen LogP contribution in [0.15, 0.2) is 60.8 Å². The molecule has 2 saturated carbocycles. The fraction of sp³-hybridized carbons (Fsp3) is 0.357. The van der Waals surface area contributed by atoms with Crippen LogP contribution in [0.1, 0.15) is 66.2 Å². The quantitative estimate of drug-likeness (QED) is 0.410. The number of aromatic nitrogens is 4. The number of carbonyl (C=O) groups is 1. The number of aryl methyl sites for hydroxylation is 1. The van der Waals surface area contributed by atoms with Gasteiger partial charge < -0.3 is 10.6 Å². The van der Waals surface area contributed by atoms with Gasteiger partial charge in [0.1, 0.15) is 11.6 Å². The van der Waals surface area contributed by atoms with E-state index < -0.39 is 0 Å². The van der Waals surface area contributed by atoms with Gasteiger partial charge in [-0.05, 0) is 69.7 Å². The molecule has 35 heavy (non-hydrogen) atoms. The van der Waals surface area contributed by atoms with Crippen LogP contribution >= 0.6 is 0 Å². The van der Waals surface area contributed by atoms with E-state index in [1.165, 1.54) is 5.56 Å². The van der Waals surface area contributed by atoms with E-state index in [2.05, 4.69) is 46.9 Å². The van der Waals surface area contributed by atoms with Crippen molar-refractivity contribution >= 4 is 22.8 Å². The average Bonchev–Trinajstić information content (AvgIpc) is 3.65. The minimum Gasteiger partial charge on any atom is -0.367 e. The molecule has 2 aromatic heterocycles. The summed E-state index contributed by atoms with van der Waals surface area (Å²) in [5.74, 6) is 2.26. The van der Waals surface area contributed by atoms with Crippen molar-refractivity contribution in [2.24, 2.45) is 0 Å². The van der Waals surface area contributed by atoms with Crippen molar-refractivity contribution in [1.29, 1.82) is 0 Å². The maximum Gasteiger partial charge on any atom is 0.251 e. The van der Waals surface area contributed by atoms with Crippen molar-refractivity contribution in [3.8, 4) is 5.69 Å². The fourth-order valence-electron chi connectivity index (χ4n) is 4.87. The molecule has 7 nitrogen and oxygen atoms in total. The first-order valence-electron chi connectivity index (χ1n) is 12.6. The summed E-state index contributed by atoms with van der Waals surface area (Å²) in [7, 11) is 0. The highest BCUT2D eigenvalue weighted by Crippen LogP contribution is 2.40. The molecule has 7 heteroatoms. The highest BCUT2D eigenvalue weighted by Gasteiger charge is 2.30. The number of nitrogens with one attached hydrogen (secondary N) is 2. The van der Waals surface area contributed by atoms with Gasteiger partial charge in [0, 0.05) is 23.6 Å². The van der Waals surface area contributed by atoms with Crippen LogP contribution in [0.25, 0.3) is 16.7 Å². The maximum absolute atomic E-state index is 12.5. The maximum atomic E-state index is 12.5. The number of amides is 1. The van der Waals surface area contributed by atoms with Crippen LogP contribution in [0.3, 0.4) is 0 Å². The first-order valence-corrected chi connectivity index (χ1v) is 12.6. The van der Waals surface area contributed by atoms with Gasteiger partial charge in [-0.25, -0.2) is 14.6 Å². The zero-order chi connectivity index (χ0) is 23.8. The predicted molar refractivity (Wildman–Crippen MR) is 137 cm³/mol. The molecule has 2 N–H and O–H groups in total. The van der Waals surface area contributed by atoms with Gasteiger partial charge in [-0.1, -0.05) is 35.9 Å². The van der Waals surface area contributed by atoms with Crippen LogP contribution in [0.2, 0.25) is 0 Å². The Bertz CT molecular complexity index is 1340. The normalized spacial score (nSPS) is 20.0. The molecule has 6 rings (SSSR count). The molecule has 2 aliphatic rings. The van der Waals surface area contributed by atoms with Gasteiger partial charge >= 0.3 is 0 Å². The average molecular weight is 467 g/mol. The Balaban J connectivity index is 1.18. The minimum absolute atomic E-state index is 0.0112. The predicted octanol–water partition coefficient (Wildman–Crippen LogP) is 5.15. The van der Waals surface area contributed by atoms with Crippen LogP contribution in [0, 0.1) is 6.92 Å². The molecule has 0 aliphatic heterocycles. The molecular weight excluding hydrogens is 436 g/mol. The standard InChI is InChI=1S/C28H30N6O/c1-18-7-15-23(16-8-18)34-27-24(17-29-34)26(32-25(33-27)19-9-10-19)30-21-11-13-22(14-12-21)31-28(35)20-5-3-2-4-6-20/h2-8,15-17,19,21-22H,9-14H2,1H3,(H,31,35)(H,30,32,33). The third kappa shape index (κ3) is 4.63. The highest BCUT2D eigenvalue weighted by atomic mass is 16.1. The number of nitrogens with zero attached hydrogens (tertiary/aromatic N) is 4. The smallest absolute Gasteiger partial charge is 0.251 e. The van der Waals surface area contributed by atoms with Crippen LogP contribution in [0.4, 0.5) is 5.82 Å². The summed E-state index contributed by atoms with van der Waals surface area (Å²) in [5, 5.41) is 12.5. The summed E-state index contributed by atoms with van der Waals surface area (Å²) in [6.45, 7) is 2.09. The van der Waals surface area contributed by atoms with Crippen molar-refractivity contribution in [3.63, 3.8) is 0 Å². The Morgan fingerprint density at radius 1 is 0.886 bits per heavy atom. The Labute approximate surface area is 205 Å². The Kier molecular flexibility index (Phi) is 5.68. The van der Waals surface area contributed by atoms with Gasteiger partial charge in [0.05, 0.1) is 17.3 Å². The largest absolute Gasteiger partial charge is 0.367 e. The van der Waals surface area contributed by atoms with Crippen LogP contribution in [0.5, 0.6) is 0 Å². The summed E-state index contributed by atoms with van der Waals surface area (Å²) in [6, 6.07) is 18.3. The third-order valence-electron chi connectivity index (χ3n) is 7.11. The van der Waals surface area contributed by atoms with Crippen LogP contribution in [-0.4, -0.2) is 37.7 Å². The molecule has 0 spiro atoms. The molecule has 1 amide bonds. The van der Waals surface area contributed by atoms with E-state index in [4.69, 9.17) is 9.97 Å². The van der Waals surface area contributed by atoms with Crippen LogP contribution in [-0.2, 0) is 0 Å². The number of rotatable bonds is 6. The topological polar surface area (TPSA) is 84.7 Å². The molecule has 2 fully saturated rings. The lowest BCUT2D eigenvalue weighted by atomic mass is 9.91. The molecule has 2 aromatic carbocycles. The first-order chi connectivity index (χ1) is 17.1. The monoisotopic (exact) mass is 466 g/mol. The van der Waals surface area contributed by atoms with Crippen LogP contribution < -0.4 is 10.6 Å². The molecule has 0 unspecified atom stereocenters. The zero-order valence-corrected chi connectivity index (χ0v) is 19.9. The molecule has 0 atom stereocenters. The zero-order valence-electron chi connectivity index (χ0n) is 19.9. The lowest BCUT2D eigenvalue weighted by molar-refractivity contribution is 0.0926. The molecule has 4 aromatic rings. The number of anilines is 1. The summed E-state index contributed by atoms with van der Waals surface area (Å²) >= 11 is 0. The van der Waals surface area contributed by atoms with E-state index in [-0.39, 0.29) is 11.9 Å². The molecule has 0 bridgehead atoms. The number of fused-ring (bicyclic) bond motifs is 1. The van der Waals surface area contributed by atoms with Gasteiger partial charge in [-0.2, -0.15) is 5.10 Å². The van der Waals surface area contributed by atoms with Crippen molar-refractivity contribution < 1.29 is 4.79 Å². The lowest BCUT2D eigenvalue weighted by Gasteiger charge is -2.30. The minimum atomic E-state index is 0.0112. The van der Waals surface area contributed by atoms with E-state index in [1.54, 1.807) is 0 Å². The Morgan fingerprint density at radius 2 is 1.60 bits per heavy atom. The second-order valence-electron chi connectivity index (χ2n) is 9.87. The molecule has 0 saturated heterocycles.